The van der Waals surface area contributed by atoms with Crippen molar-refractivity contribution < 1.29 is 18.9 Å². The third-order valence-corrected chi connectivity index (χ3v) is 5.13. The van der Waals surface area contributed by atoms with Crippen LogP contribution in [-0.4, -0.2) is 53.9 Å². The Morgan fingerprint density at radius 3 is 2.85 bits per heavy atom. The molecule has 8 nitrogen and oxygen atoms in total. The lowest BCUT2D eigenvalue weighted by Gasteiger charge is -2.33. The van der Waals surface area contributed by atoms with Gasteiger partial charge in [-0.05, 0) is 50.3 Å². The lowest BCUT2D eigenvalue weighted by Crippen LogP contribution is -2.46. The Morgan fingerprint density at radius 2 is 2.15 bits per heavy atom. The first-order valence-corrected chi connectivity index (χ1v) is 9.20. The summed E-state index contributed by atoms with van der Waals surface area (Å²) in [5.74, 6) is -1.19. The molecule has 2 aliphatic heterocycles. The van der Waals surface area contributed by atoms with E-state index < -0.39 is 22.3 Å². The summed E-state index contributed by atoms with van der Waals surface area (Å²) in [6.45, 7) is 2.13. The largest absolute Gasteiger partial charge is 0.354 e. The van der Waals surface area contributed by atoms with Crippen molar-refractivity contribution in [2.75, 3.05) is 26.2 Å². The first kappa shape index (κ1) is 19.2. The minimum absolute atomic E-state index is 0.0308. The maximum Gasteiger partial charge on any atom is 0.282 e. The van der Waals surface area contributed by atoms with Gasteiger partial charge in [0.1, 0.15) is 11.4 Å². The summed E-state index contributed by atoms with van der Waals surface area (Å²) in [6, 6.07) is 2.75. The van der Waals surface area contributed by atoms with E-state index in [1.165, 1.54) is 4.90 Å². The highest BCUT2D eigenvalue weighted by atomic mass is 19.1. The van der Waals surface area contributed by atoms with Crippen LogP contribution in [0.2, 0.25) is 0 Å². The normalized spacial score (nSPS) is 22.5. The molecule has 2 atom stereocenters. The van der Waals surface area contributed by atoms with Gasteiger partial charge in [-0.25, -0.2) is 4.39 Å². The van der Waals surface area contributed by atoms with Gasteiger partial charge in [-0.2, -0.15) is 0 Å². The number of carbonyl (C=O) groups excluding carboxylic acids is 2. The van der Waals surface area contributed by atoms with E-state index in [1.54, 1.807) is 0 Å². The summed E-state index contributed by atoms with van der Waals surface area (Å²) in [7, 11) is 0. The van der Waals surface area contributed by atoms with Crippen LogP contribution in [0.4, 0.5) is 10.1 Å². The average molecular weight is 378 g/mol. The monoisotopic (exact) mass is 378 g/mol. The highest BCUT2D eigenvalue weighted by Gasteiger charge is 2.30. The molecule has 2 unspecified atom stereocenters. The maximum absolute atomic E-state index is 13.5. The number of likely N-dealkylation sites (tertiary alicyclic amines) is 1. The van der Waals surface area contributed by atoms with Gasteiger partial charge in [-0.1, -0.05) is 0 Å². The number of amides is 2. The zero-order chi connectivity index (χ0) is 19.4. The zero-order valence-corrected chi connectivity index (χ0v) is 14.9. The molecule has 146 valence electrons. The number of hydrogen-bond acceptors (Lipinski definition) is 5. The minimum Gasteiger partial charge on any atom is -0.354 e. The number of nitrogens with one attached hydrogen (secondary N) is 2. The highest BCUT2D eigenvalue weighted by Crippen LogP contribution is 2.24. The second-order valence-electron chi connectivity index (χ2n) is 7.07. The van der Waals surface area contributed by atoms with Crippen molar-refractivity contribution in [2.24, 2.45) is 5.92 Å². The first-order valence-electron chi connectivity index (χ1n) is 9.20. The van der Waals surface area contributed by atoms with Crippen LogP contribution in [0.15, 0.2) is 18.2 Å². The Hall–Kier alpha value is -2.55. The first-order chi connectivity index (χ1) is 13.0. The number of hydrogen-bond donors (Lipinski definition) is 2. The topological polar surface area (TPSA) is 105 Å². The molecular weight excluding hydrogens is 355 g/mol. The second-order valence-corrected chi connectivity index (χ2v) is 7.07. The Bertz CT molecular complexity index is 736. The van der Waals surface area contributed by atoms with Gasteiger partial charge in [0, 0.05) is 25.7 Å². The minimum atomic E-state index is -0.686. The number of piperidine rings is 1. The van der Waals surface area contributed by atoms with E-state index >= 15 is 0 Å². The van der Waals surface area contributed by atoms with Gasteiger partial charge >= 0.3 is 0 Å². The third kappa shape index (κ3) is 4.60. The SMILES string of the molecule is O=C(NCC1CCCN(C(=O)c2cc(F)ccc2[N+](=O)[O-])C1)C1CCCN1. The fraction of sp³-hybridized carbons (Fsp3) is 0.556. The van der Waals surface area contributed by atoms with E-state index in [0.29, 0.717) is 19.6 Å². The number of carbonyl (C=O) groups is 2. The predicted octanol–water partition coefficient (Wildman–Crippen LogP) is 1.45. The van der Waals surface area contributed by atoms with E-state index in [2.05, 4.69) is 10.6 Å². The number of rotatable bonds is 5. The second kappa shape index (κ2) is 8.43. The molecule has 9 heteroatoms. The smallest absolute Gasteiger partial charge is 0.282 e. The molecule has 0 bridgehead atoms. The van der Waals surface area contributed by atoms with Crippen molar-refractivity contribution in [3.63, 3.8) is 0 Å². The molecule has 0 radical (unpaired) electrons. The molecule has 2 saturated heterocycles. The molecule has 2 amide bonds. The zero-order valence-electron chi connectivity index (χ0n) is 14.9. The Morgan fingerprint density at radius 1 is 1.33 bits per heavy atom. The molecular formula is C18H23FN4O4. The van der Waals surface area contributed by atoms with E-state index in [-0.39, 0.29) is 23.4 Å². The molecule has 0 saturated carbocycles. The molecule has 0 spiro atoms. The van der Waals surface area contributed by atoms with E-state index in [9.17, 15) is 24.1 Å². The Labute approximate surface area is 156 Å². The lowest BCUT2D eigenvalue weighted by molar-refractivity contribution is -0.385. The molecule has 2 aliphatic rings. The summed E-state index contributed by atoms with van der Waals surface area (Å²) in [4.78, 5) is 36.8. The number of benzene rings is 1. The molecule has 0 aromatic heterocycles. The number of nitro groups is 1. The lowest BCUT2D eigenvalue weighted by atomic mass is 9.97. The summed E-state index contributed by atoms with van der Waals surface area (Å²) in [6.07, 6.45) is 3.39. The molecule has 2 N–H and O–H groups in total. The van der Waals surface area contributed by atoms with Gasteiger partial charge in [0.15, 0.2) is 0 Å². The summed E-state index contributed by atoms with van der Waals surface area (Å²) in [5.41, 5.74) is -0.635. The summed E-state index contributed by atoms with van der Waals surface area (Å²) < 4.78 is 13.5. The molecule has 2 fully saturated rings. The van der Waals surface area contributed by atoms with Crippen LogP contribution < -0.4 is 10.6 Å². The van der Waals surface area contributed by atoms with Crippen LogP contribution in [0.5, 0.6) is 0 Å². The third-order valence-electron chi connectivity index (χ3n) is 5.13. The van der Waals surface area contributed by atoms with Gasteiger partial charge in [0.2, 0.25) is 5.91 Å². The molecule has 1 aromatic carbocycles. The van der Waals surface area contributed by atoms with Crippen molar-refractivity contribution in [1.29, 1.82) is 0 Å². The fourth-order valence-electron chi connectivity index (χ4n) is 3.70. The van der Waals surface area contributed by atoms with Crippen molar-refractivity contribution in [1.82, 2.24) is 15.5 Å². The van der Waals surface area contributed by atoms with Gasteiger partial charge in [-0.3, -0.25) is 19.7 Å². The fourth-order valence-corrected chi connectivity index (χ4v) is 3.70. The quantitative estimate of drug-likeness (QED) is 0.596. The Balaban J connectivity index is 1.62. The summed E-state index contributed by atoms with van der Waals surface area (Å²) in [5, 5.41) is 17.2. The molecule has 2 heterocycles. The maximum atomic E-state index is 13.5. The van der Waals surface area contributed by atoms with Gasteiger partial charge < -0.3 is 15.5 Å². The van der Waals surface area contributed by atoms with E-state index in [1.807, 2.05) is 0 Å². The van der Waals surface area contributed by atoms with Crippen LogP contribution in [-0.2, 0) is 4.79 Å². The number of halogens is 1. The molecule has 27 heavy (non-hydrogen) atoms. The van der Waals surface area contributed by atoms with E-state index in [0.717, 1.165) is 50.4 Å². The highest BCUT2D eigenvalue weighted by molar-refractivity contribution is 5.98. The van der Waals surface area contributed by atoms with Crippen molar-refractivity contribution in [3.8, 4) is 0 Å². The van der Waals surface area contributed by atoms with Crippen LogP contribution in [0.3, 0.4) is 0 Å². The van der Waals surface area contributed by atoms with Crippen molar-refractivity contribution in [3.05, 3.63) is 39.7 Å². The van der Waals surface area contributed by atoms with Crippen molar-refractivity contribution in [2.45, 2.75) is 31.7 Å². The molecule has 3 rings (SSSR count). The number of nitrogens with zero attached hydrogens (tertiary/aromatic N) is 2. The van der Waals surface area contributed by atoms with Gasteiger partial charge in [-0.15, -0.1) is 0 Å². The predicted molar refractivity (Wildman–Crippen MR) is 95.7 cm³/mol. The van der Waals surface area contributed by atoms with Crippen LogP contribution >= 0.6 is 0 Å². The summed E-state index contributed by atoms with van der Waals surface area (Å²) >= 11 is 0. The molecule has 0 aliphatic carbocycles. The van der Waals surface area contributed by atoms with Crippen LogP contribution in [0.25, 0.3) is 0 Å². The average Bonchev–Trinajstić information content (AvgIpc) is 3.20. The van der Waals surface area contributed by atoms with Crippen molar-refractivity contribution >= 4 is 17.5 Å². The molecule has 1 aromatic rings. The standard InChI is InChI=1S/C18H23FN4O4/c19-13-5-6-16(23(26)27)14(9-13)18(25)22-8-2-3-12(11-22)10-21-17(24)15-4-1-7-20-15/h5-6,9,12,15,20H,1-4,7-8,10-11H2,(H,21,24). The van der Waals surface area contributed by atoms with E-state index in [4.69, 9.17) is 0 Å². The van der Waals surface area contributed by atoms with Gasteiger partial charge in [0.25, 0.3) is 11.6 Å². The van der Waals surface area contributed by atoms with Gasteiger partial charge in [0.05, 0.1) is 11.0 Å². The van der Waals surface area contributed by atoms with Crippen LogP contribution in [0.1, 0.15) is 36.0 Å². The Kier molecular flexibility index (Phi) is 6.00. The van der Waals surface area contributed by atoms with Crippen LogP contribution in [0, 0.1) is 21.8 Å². The number of nitro benzene ring substituents is 1.